The minimum absolute atomic E-state index is 0.00664. The van der Waals surface area contributed by atoms with Gasteiger partial charge in [0, 0.05) is 19.2 Å². The van der Waals surface area contributed by atoms with Crippen LogP contribution in [0.3, 0.4) is 0 Å². The second kappa shape index (κ2) is 8.37. The molecular weight excluding hydrogens is 396 g/mol. The summed E-state index contributed by atoms with van der Waals surface area (Å²) in [5.74, 6) is 0. The van der Waals surface area contributed by atoms with Crippen LogP contribution in [0.25, 0.3) is 0 Å². The van der Waals surface area contributed by atoms with E-state index in [9.17, 15) is 20.2 Å². The first-order valence-electron chi connectivity index (χ1n) is 10.9. The van der Waals surface area contributed by atoms with Crippen molar-refractivity contribution >= 4 is 17.5 Å². The molecule has 0 unspecified atom stereocenters. The molecule has 2 aliphatic rings. The predicted octanol–water partition coefficient (Wildman–Crippen LogP) is 5.09. The van der Waals surface area contributed by atoms with Crippen LogP contribution in [-0.2, 0) is 4.74 Å². The van der Waals surface area contributed by atoms with Crippen LogP contribution >= 0.6 is 0 Å². The van der Waals surface area contributed by atoms with Gasteiger partial charge in [0.15, 0.2) is 0 Å². The Balaban J connectivity index is 1.78. The summed E-state index contributed by atoms with van der Waals surface area (Å²) < 4.78 is 5.96. The number of hydrogen-bond acceptors (Lipinski definition) is 6. The average molecular weight is 429 g/mol. The van der Waals surface area contributed by atoms with Gasteiger partial charge in [0.2, 0.25) is 0 Å². The first-order valence-corrected chi connectivity index (χ1v) is 10.9. The Morgan fingerprint density at radius 3 is 2.71 bits per heavy atom. The molecule has 1 aromatic carbocycles. The van der Waals surface area contributed by atoms with E-state index >= 15 is 0 Å². The second-order valence-electron chi connectivity index (χ2n) is 10.3. The summed E-state index contributed by atoms with van der Waals surface area (Å²) >= 11 is 0. The summed E-state index contributed by atoms with van der Waals surface area (Å²) in [5, 5.41) is 23.9. The standard InChI is InChI=1S/C23H32N4O4/c1-5-22(14-25-18-11-17(12-24)7-8-19(18)27(29)30)9-6-10-23(13-22)16-26(20(28)31-23)15-21(2,3)4/h7-8,11,25H,5-6,9-10,13-16H2,1-4H3/t22-,23-/m0/s1. The lowest BCUT2D eigenvalue weighted by molar-refractivity contribution is -0.384. The number of rotatable bonds is 6. The predicted molar refractivity (Wildman–Crippen MR) is 118 cm³/mol. The Morgan fingerprint density at radius 1 is 1.35 bits per heavy atom. The van der Waals surface area contributed by atoms with Gasteiger partial charge in [-0.05, 0) is 55.1 Å². The van der Waals surface area contributed by atoms with Gasteiger partial charge >= 0.3 is 6.09 Å². The highest BCUT2D eigenvalue weighted by atomic mass is 16.6. The monoisotopic (exact) mass is 428 g/mol. The lowest BCUT2D eigenvalue weighted by Crippen LogP contribution is -2.47. The van der Waals surface area contributed by atoms with Crippen molar-refractivity contribution in [2.24, 2.45) is 10.8 Å². The smallest absolute Gasteiger partial charge is 0.410 e. The normalized spacial score (nSPS) is 25.9. The Morgan fingerprint density at radius 2 is 2.10 bits per heavy atom. The molecule has 31 heavy (non-hydrogen) atoms. The maximum atomic E-state index is 12.6. The van der Waals surface area contributed by atoms with Crippen molar-refractivity contribution in [2.75, 3.05) is 25.0 Å². The Kier molecular flexibility index (Phi) is 6.17. The van der Waals surface area contributed by atoms with Crippen molar-refractivity contribution in [3.05, 3.63) is 33.9 Å². The summed E-state index contributed by atoms with van der Waals surface area (Å²) in [6, 6.07) is 6.39. The minimum atomic E-state index is -0.501. The summed E-state index contributed by atoms with van der Waals surface area (Å²) in [6.45, 7) is 10.2. The van der Waals surface area contributed by atoms with E-state index in [4.69, 9.17) is 4.74 Å². The molecule has 0 bridgehead atoms. The third kappa shape index (κ3) is 5.09. The molecule has 2 fully saturated rings. The molecule has 1 aliphatic heterocycles. The molecular formula is C23H32N4O4. The summed E-state index contributed by atoms with van der Waals surface area (Å²) in [4.78, 5) is 25.4. The fourth-order valence-corrected chi connectivity index (χ4v) is 5.02. The van der Waals surface area contributed by atoms with Crippen molar-refractivity contribution < 1.29 is 14.5 Å². The molecule has 8 nitrogen and oxygen atoms in total. The van der Waals surface area contributed by atoms with Gasteiger partial charge in [0.25, 0.3) is 5.69 Å². The quantitative estimate of drug-likeness (QED) is 0.499. The maximum Gasteiger partial charge on any atom is 0.410 e. The summed E-state index contributed by atoms with van der Waals surface area (Å²) in [6.07, 6.45) is 4.08. The van der Waals surface area contributed by atoms with Crippen LogP contribution in [0, 0.1) is 32.3 Å². The number of carbonyl (C=O) groups excluding carboxylic acids is 1. The lowest BCUT2D eigenvalue weighted by Gasteiger charge is -2.45. The van der Waals surface area contributed by atoms with Gasteiger partial charge < -0.3 is 15.0 Å². The van der Waals surface area contributed by atoms with Crippen LogP contribution in [0.1, 0.15) is 65.4 Å². The number of benzene rings is 1. The number of nitro groups is 1. The number of nitro benzene ring substituents is 1. The molecule has 0 radical (unpaired) electrons. The van der Waals surface area contributed by atoms with Gasteiger partial charge in [-0.1, -0.05) is 27.7 Å². The number of nitriles is 1. The van der Waals surface area contributed by atoms with Crippen LogP contribution in [0.15, 0.2) is 18.2 Å². The lowest BCUT2D eigenvalue weighted by atomic mass is 9.66. The van der Waals surface area contributed by atoms with Crippen LogP contribution < -0.4 is 5.32 Å². The van der Waals surface area contributed by atoms with Crippen LogP contribution in [0.2, 0.25) is 0 Å². The minimum Gasteiger partial charge on any atom is -0.441 e. The largest absolute Gasteiger partial charge is 0.441 e. The van der Waals surface area contributed by atoms with E-state index < -0.39 is 10.5 Å². The molecule has 2 atom stereocenters. The molecule has 1 saturated carbocycles. The number of anilines is 1. The number of ether oxygens (including phenoxy) is 1. The van der Waals surface area contributed by atoms with E-state index in [1.165, 1.54) is 18.2 Å². The van der Waals surface area contributed by atoms with Gasteiger partial charge in [-0.2, -0.15) is 5.26 Å². The first kappa shape index (κ1) is 22.9. The number of amides is 1. The van der Waals surface area contributed by atoms with Gasteiger partial charge in [-0.3, -0.25) is 10.1 Å². The molecule has 1 heterocycles. The van der Waals surface area contributed by atoms with Crippen LogP contribution in [-0.4, -0.2) is 41.2 Å². The van der Waals surface area contributed by atoms with Crippen molar-refractivity contribution in [3.8, 4) is 6.07 Å². The van der Waals surface area contributed by atoms with E-state index in [0.29, 0.717) is 30.9 Å². The zero-order valence-electron chi connectivity index (χ0n) is 18.9. The van der Waals surface area contributed by atoms with E-state index in [-0.39, 0.29) is 22.6 Å². The van der Waals surface area contributed by atoms with Gasteiger partial charge in [-0.25, -0.2) is 4.79 Å². The molecule has 1 N–H and O–H groups in total. The molecule has 1 aliphatic carbocycles. The fourth-order valence-electron chi connectivity index (χ4n) is 5.02. The first-order chi connectivity index (χ1) is 14.5. The number of nitrogens with zero attached hydrogens (tertiary/aromatic N) is 3. The molecule has 1 amide bonds. The maximum absolute atomic E-state index is 12.6. The zero-order valence-corrected chi connectivity index (χ0v) is 18.9. The van der Waals surface area contributed by atoms with E-state index in [0.717, 1.165) is 32.1 Å². The van der Waals surface area contributed by atoms with Crippen molar-refractivity contribution in [2.45, 2.75) is 65.4 Å². The van der Waals surface area contributed by atoms with Crippen molar-refractivity contribution in [1.29, 1.82) is 5.26 Å². The average Bonchev–Trinajstić information content (AvgIpc) is 2.98. The number of hydrogen-bond donors (Lipinski definition) is 1. The fraction of sp³-hybridized carbons (Fsp3) is 0.652. The SMILES string of the molecule is CC[C@]1(CNc2cc(C#N)ccc2[N+](=O)[O-])CCC[C@@]2(CN(CC(C)(C)C)C(=O)O2)C1. The highest BCUT2D eigenvalue weighted by Crippen LogP contribution is 2.48. The molecule has 8 heteroatoms. The molecule has 1 aromatic rings. The van der Waals surface area contributed by atoms with E-state index in [1.807, 2.05) is 11.0 Å². The second-order valence-corrected chi connectivity index (χ2v) is 10.3. The highest BCUT2D eigenvalue weighted by molar-refractivity contribution is 5.71. The third-order valence-corrected chi connectivity index (χ3v) is 6.47. The molecule has 3 rings (SSSR count). The Hall–Kier alpha value is -2.82. The molecule has 0 aromatic heterocycles. The van der Waals surface area contributed by atoms with Gasteiger partial charge in [0.1, 0.15) is 11.3 Å². The third-order valence-electron chi connectivity index (χ3n) is 6.47. The Bertz CT molecular complexity index is 904. The van der Waals surface area contributed by atoms with E-state index in [2.05, 4.69) is 33.0 Å². The van der Waals surface area contributed by atoms with Gasteiger partial charge in [-0.15, -0.1) is 0 Å². The summed E-state index contributed by atoms with van der Waals surface area (Å²) in [5.41, 5.74) is 0.0359. The van der Waals surface area contributed by atoms with Crippen molar-refractivity contribution in [3.63, 3.8) is 0 Å². The van der Waals surface area contributed by atoms with E-state index in [1.54, 1.807) is 0 Å². The molecule has 1 spiro atoms. The van der Waals surface area contributed by atoms with Crippen LogP contribution in [0.4, 0.5) is 16.2 Å². The Labute approximate surface area is 183 Å². The van der Waals surface area contributed by atoms with Crippen molar-refractivity contribution in [1.82, 2.24) is 4.90 Å². The zero-order chi connectivity index (χ0) is 22.9. The topological polar surface area (TPSA) is 108 Å². The number of nitrogens with one attached hydrogen (secondary N) is 1. The van der Waals surface area contributed by atoms with Crippen LogP contribution in [0.5, 0.6) is 0 Å². The highest BCUT2D eigenvalue weighted by Gasteiger charge is 2.52. The molecule has 168 valence electrons. The summed E-state index contributed by atoms with van der Waals surface area (Å²) in [7, 11) is 0. The van der Waals surface area contributed by atoms with Gasteiger partial charge in [0.05, 0.1) is 23.1 Å². The molecule has 1 saturated heterocycles. The number of carbonyl (C=O) groups is 1.